The molecule has 2 rings (SSSR count). The Kier molecular flexibility index (Phi) is 5.97. The molecule has 0 radical (unpaired) electrons. The highest BCUT2D eigenvalue weighted by atomic mass is 16.7. The molecule has 0 bridgehead atoms. The second-order valence-corrected chi connectivity index (χ2v) is 4.91. The molecule has 0 saturated carbocycles. The Hall–Kier alpha value is -2.09. The van der Waals surface area contributed by atoms with Gasteiger partial charge in [0.2, 0.25) is 0 Å². The highest BCUT2D eigenvalue weighted by Crippen LogP contribution is 2.28. The average molecular weight is 323 g/mol. The summed E-state index contributed by atoms with van der Waals surface area (Å²) in [5.41, 5.74) is 7.24. The van der Waals surface area contributed by atoms with Crippen molar-refractivity contribution in [2.75, 3.05) is 13.2 Å². The van der Waals surface area contributed by atoms with Crippen LogP contribution in [0, 0.1) is 5.53 Å². The molecule has 8 heteroatoms. The molecule has 3 N–H and O–H groups in total. The maximum absolute atomic E-state index is 11.7. The number of esters is 1. The molecule has 0 amide bonds. The third-order valence-corrected chi connectivity index (χ3v) is 3.35. The molecule has 4 unspecified atom stereocenters. The lowest BCUT2D eigenvalue weighted by Crippen LogP contribution is -2.52. The zero-order valence-electron chi connectivity index (χ0n) is 12.6. The first-order valence-corrected chi connectivity index (χ1v) is 7.18. The van der Waals surface area contributed by atoms with Gasteiger partial charge in [-0.25, -0.2) is 4.79 Å². The van der Waals surface area contributed by atoms with Gasteiger partial charge in [0.1, 0.15) is 12.2 Å². The van der Waals surface area contributed by atoms with Gasteiger partial charge in [-0.15, -0.1) is 0 Å². The number of nitrogens with one attached hydrogen (secondary N) is 1. The minimum atomic E-state index is -1.60. The predicted octanol–water partition coefficient (Wildman–Crippen LogP) is 0.0657. The van der Waals surface area contributed by atoms with Gasteiger partial charge < -0.3 is 24.4 Å². The van der Waals surface area contributed by atoms with Gasteiger partial charge in [0.05, 0.1) is 23.5 Å². The van der Waals surface area contributed by atoms with Gasteiger partial charge in [0.15, 0.2) is 12.4 Å². The molecule has 1 fully saturated rings. The molecule has 0 spiro atoms. The normalized spacial score (nSPS) is 25.3. The number of benzene rings is 1. The van der Waals surface area contributed by atoms with E-state index in [4.69, 9.17) is 19.7 Å². The Balaban J connectivity index is 2.16. The lowest BCUT2D eigenvalue weighted by Gasteiger charge is -2.34. The molecule has 1 aliphatic heterocycles. The molecule has 0 aromatic heterocycles. The number of nitrogens with zero attached hydrogens (tertiary/aromatic N) is 1. The van der Waals surface area contributed by atoms with E-state index in [2.05, 4.69) is 4.79 Å². The molecule has 1 aromatic rings. The van der Waals surface area contributed by atoms with Crippen LogP contribution in [-0.2, 0) is 19.0 Å². The summed E-state index contributed by atoms with van der Waals surface area (Å²) in [4.78, 5) is 14.7. The highest BCUT2D eigenvalue weighted by Gasteiger charge is 2.46. The molecule has 1 aromatic carbocycles. The van der Waals surface area contributed by atoms with E-state index in [-0.39, 0.29) is 13.2 Å². The smallest absolute Gasteiger partial charge is 0.455 e. The van der Waals surface area contributed by atoms with Crippen molar-refractivity contribution in [3.8, 4) is 0 Å². The zero-order valence-corrected chi connectivity index (χ0v) is 12.6. The van der Waals surface area contributed by atoms with Crippen molar-refractivity contribution in [2.45, 2.75) is 31.5 Å². The van der Waals surface area contributed by atoms with Gasteiger partial charge in [-0.05, 0) is 6.92 Å². The maximum atomic E-state index is 11.7. The minimum absolute atomic E-state index is 0.0778. The number of carbonyl (C=O) groups excluding carboxylic acids is 1. The fraction of sp³-hybridized carbons (Fsp3) is 0.467. The Bertz CT molecular complexity index is 587. The van der Waals surface area contributed by atoms with Crippen LogP contribution in [0.15, 0.2) is 30.3 Å². The van der Waals surface area contributed by atoms with E-state index in [0.29, 0.717) is 5.56 Å². The SMILES string of the molecule is CCOC(=O)C(=[N+]=N)C(O)C1OC(c2ccccc2)OCC1O. The first kappa shape index (κ1) is 17.3. The first-order valence-electron chi connectivity index (χ1n) is 7.18. The van der Waals surface area contributed by atoms with Crippen molar-refractivity contribution in [2.24, 2.45) is 0 Å². The van der Waals surface area contributed by atoms with Crippen LogP contribution < -0.4 is 0 Å². The topological polar surface area (TPSA) is 123 Å². The minimum Gasteiger partial charge on any atom is -0.457 e. The van der Waals surface area contributed by atoms with Gasteiger partial charge >= 0.3 is 11.7 Å². The highest BCUT2D eigenvalue weighted by molar-refractivity contribution is 6.35. The van der Waals surface area contributed by atoms with Crippen LogP contribution in [0.5, 0.6) is 0 Å². The van der Waals surface area contributed by atoms with Crippen molar-refractivity contribution < 1.29 is 34.0 Å². The quantitative estimate of drug-likeness (QED) is 0.305. The van der Waals surface area contributed by atoms with E-state index in [1.54, 1.807) is 31.2 Å². The standard InChI is InChI=1S/C15H19N2O6/c1-2-21-14(20)11(17-16)12(19)13-10(18)8-22-15(23-13)9-6-4-3-5-7-9/h3-7,10,12-13,15-16,18-19H,2,8H2,1H3/q+1. The van der Waals surface area contributed by atoms with Crippen molar-refractivity contribution in [1.29, 1.82) is 5.53 Å². The largest absolute Gasteiger partial charge is 0.457 e. The van der Waals surface area contributed by atoms with Gasteiger partial charge in [0.25, 0.3) is 0 Å². The summed E-state index contributed by atoms with van der Waals surface area (Å²) in [6.07, 6.45) is -4.73. The Morgan fingerprint density at radius 3 is 2.78 bits per heavy atom. The molecule has 1 aliphatic rings. The molecule has 4 atom stereocenters. The van der Waals surface area contributed by atoms with Crippen molar-refractivity contribution in [3.63, 3.8) is 0 Å². The van der Waals surface area contributed by atoms with Crippen LogP contribution >= 0.6 is 0 Å². The summed E-state index contributed by atoms with van der Waals surface area (Å²) in [6.45, 7) is 1.58. The van der Waals surface area contributed by atoms with Crippen molar-refractivity contribution in [3.05, 3.63) is 35.9 Å². The molecule has 23 heavy (non-hydrogen) atoms. The summed E-state index contributed by atoms with van der Waals surface area (Å²) in [7, 11) is 0. The third kappa shape index (κ3) is 4.01. The summed E-state index contributed by atoms with van der Waals surface area (Å²) in [6, 6.07) is 8.98. The van der Waals surface area contributed by atoms with Gasteiger partial charge in [-0.1, -0.05) is 30.3 Å². The molecular weight excluding hydrogens is 304 g/mol. The molecule has 1 saturated heterocycles. The van der Waals surface area contributed by atoms with E-state index in [1.165, 1.54) is 0 Å². The van der Waals surface area contributed by atoms with E-state index in [1.807, 2.05) is 6.07 Å². The summed E-state index contributed by atoms with van der Waals surface area (Å²) in [5.74, 6) is -0.923. The Labute approximate surface area is 132 Å². The summed E-state index contributed by atoms with van der Waals surface area (Å²) in [5, 5.41) is 20.3. The second-order valence-electron chi connectivity index (χ2n) is 4.91. The molecular formula is C15H19N2O6+. The number of carbonyl (C=O) groups is 1. The van der Waals surface area contributed by atoms with Crippen LogP contribution in [0.1, 0.15) is 18.8 Å². The first-order chi connectivity index (χ1) is 11.1. The fourth-order valence-electron chi connectivity index (χ4n) is 2.22. The molecule has 8 nitrogen and oxygen atoms in total. The number of hydrogen-bond acceptors (Lipinski definition) is 7. The van der Waals surface area contributed by atoms with Crippen molar-refractivity contribution >= 4 is 11.7 Å². The third-order valence-electron chi connectivity index (χ3n) is 3.35. The molecule has 124 valence electrons. The summed E-state index contributed by atoms with van der Waals surface area (Å²) < 4.78 is 15.7. The maximum Gasteiger partial charge on any atom is 0.455 e. The number of rotatable bonds is 5. The number of ether oxygens (including phenoxy) is 3. The fourth-order valence-corrected chi connectivity index (χ4v) is 2.22. The van der Waals surface area contributed by atoms with Crippen LogP contribution in [-0.4, -0.2) is 58.2 Å². The van der Waals surface area contributed by atoms with Gasteiger partial charge in [-0.2, -0.15) is 0 Å². The monoisotopic (exact) mass is 323 g/mol. The predicted molar refractivity (Wildman–Crippen MR) is 76.6 cm³/mol. The molecule has 1 heterocycles. The van der Waals surface area contributed by atoms with Crippen LogP contribution in [0.4, 0.5) is 0 Å². The van der Waals surface area contributed by atoms with Gasteiger partial charge in [-0.3, -0.25) is 0 Å². The number of aliphatic hydroxyl groups excluding tert-OH is 2. The van der Waals surface area contributed by atoms with E-state index < -0.39 is 36.3 Å². The van der Waals surface area contributed by atoms with E-state index >= 15 is 0 Å². The van der Waals surface area contributed by atoms with E-state index in [9.17, 15) is 15.0 Å². The lowest BCUT2D eigenvalue weighted by atomic mass is 10.0. The molecule has 0 aliphatic carbocycles. The number of aliphatic hydroxyl groups is 2. The second kappa shape index (κ2) is 7.96. The van der Waals surface area contributed by atoms with Crippen LogP contribution in [0.2, 0.25) is 0 Å². The van der Waals surface area contributed by atoms with E-state index in [0.717, 1.165) is 0 Å². The van der Waals surface area contributed by atoms with Crippen LogP contribution in [0.25, 0.3) is 0 Å². The Morgan fingerprint density at radius 2 is 2.17 bits per heavy atom. The summed E-state index contributed by atoms with van der Waals surface area (Å²) >= 11 is 0. The zero-order chi connectivity index (χ0) is 16.8. The Morgan fingerprint density at radius 1 is 1.48 bits per heavy atom. The van der Waals surface area contributed by atoms with Crippen LogP contribution in [0.3, 0.4) is 0 Å². The number of hydrogen-bond donors (Lipinski definition) is 3. The average Bonchev–Trinajstić information content (AvgIpc) is 2.57. The van der Waals surface area contributed by atoms with Crippen molar-refractivity contribution in [1.82, 2.24) is 0 Å². The van der Waals surface area contributed by atoms with Gasteiger partial charge in [0, 0.05) is 5.56 Å². The lowest BCUT2D eigenvalue weighted by molar-refractivity contribution is -0.272.